The van der Waals surface area contributed by atoms with E-state index >= 15 is 0 Å². The summed E-state index contributed by atoms with van der Waals surface area (Å²) < 4.78 is 27.3. The Morgan fingerprint density at radius 2 is 1.69 bits per heavy atom. The van der Waals surface area contributed by atoms with Crippen molar-refractivity contribution < 1.29 is 8.42 Å². The molecule has 1 aliphatic heterocycles. The average Bonchev–Trinajstić information content (AvgIpc) is 2.64. The molecule has 1 aliphatic rings. The zero-order valence-electron chi connectivity index (χ0n) is 14.5. The quantitative estimate of drug-likeness (QED) is 0.813. The summed E-state index contributed by atoms with van der Waals surface area (Å²) in [6.45, 7) is 2.61. The van der Waals surface area contributed by atoms with E-state index in [1.165, 1.54) is 11.0 Å². The van der Waals surface area contributed by atoms with Crippen molar-refractivity contribution in [2.24, 2.45) is 0 Å². The first kappa shape index (κ1) is 19.1. The monoisotopic (exact) mass is 390 g/mol. The summed E-state index contributed by atoms with van der Waals surface area (Å²) in [5, 5.41) is 1.99. The SMILES string of the molecule is O=S(=O)(/C=C/c1ccccc1)NC1CCN(Cc2ccc(Cl)cc2)CC1. The van der Waals surface area contributed by atoms with Gasteiger partial charge in [0, 0.05) is 36.1 Å². The lowest BCUT2D eigenvalue weighted by Gasteiger charge is -2.32. The summed E-state index contributed by atoms with van der Waals surface area (Å²) in [6.07, 6.45) is 3.25. The second kappa shape index (κ2) is 8.82. The molecule has 0 amide bonds. The molecule has 3 rings (SSSR count). The number of hydrogen-bond acceptors (Lipinski definition) is 3. The highest BCUT2D eigenvalue weighted by Gasteiger charge is 2.22. The van der Waals surface area contributed by atoms with E-state index in [4.69, 9.17) is 11.6 Å². The van der Waals surface area contributed by atoms with Crippen LogP contribution in [0.4, 0.5) is 0 Å². The minimum absolute atomic E-state index is 0.0121. The van der Waals surface area contributed by atoms with Gasteiger partial charge in [-0.1, -0.05) is 54.1 Å². The predicted molar refractivity (Wildman–Crippen MR) is 107 cm³/mol. The van der Waals surface area contributed by atoms with Crippen molar-refractivity contribution in [2.75, 3.05) is 13.1 Å². The van der Waals surface area contributed by atoms with Crippen LogP contribution in [0.2, 0.25) is 5.02 Å². The molecular formula is C20H23ClN2O2S. The first-order chi connectivity index (χ1) is 12.5. The topological polar surface area (TPSA) is 49.4 Å². The van der Waals surface area contributed by atoms with Gasteiger partial charge in [0.25, 0.3) is 0 Å². The highest BCUT2D eigenvalue weighted by Crippen LogP contribution is 2.16. The lowest BCUT2D eigenvalue weighted by atomic mass is 10.1. The number of nitrogens with one attached hydrogen (secondary N) is 1. The van der Waals surface area contributed by atoms with Gasteiger partial charge in [-0.05, 0) is 42.2 Å². The Morgan fingerprint density at radius 3 is 2.35 bits per heavy atom. The molecule has 0 bridgehead atoms. The minimum Gasteiger partial charge on any atom is -0.299 e. The Labute approximate surface area is 160 Å². The van der Waals surface area contributed by atoms with E-state index in [0.717, 1.165) is 43.1 Å². The highest BCUT2D eigenvalue weighted by atomic mass is 35.5. The van der Waals surface area contributed by atoms with E-state index in [-0.39, 0.29) is 6.04 Å². The van der Waals surface area contributed by atoms with Crippen LogP contribution in [0, 0.1) is 0 Å². The molecule has 0 atom stereocenters. The fourth-order valence-corrected chi connectivity index (χ4v) is 4.30. The van der Waals surface area contributed by atoms with Crippen molar-refractivity contribution in [1.82, 2.24) is 9.62 Å². The van der Waals surface area contributed by atoms with Crippen LogP contribution in [0.3, 0.4) is 0 Å². The number of hydrogen-bond donors (Lipinski definition) is 1. The van der Waals surface area contributed by atoms with Crippen LogP contribution < -0.4 is 4.72 Å². The molecule has 0 aliphatic carbocycles. The number of piperidine rings is 1. The largest absolute Gasteiger partial charge is 0.299 e. The van der Waals surface area contributed by atoms with E-state index in [1.807, 2.05) is 54.6 Å². The van der Waals surface area contributed by atoms with Crippen LogP contribution in [0.25, 0.3) is 6.08 Å². The van der Waals surface area contributed by atoms with Gasteiger partial charge >= 0.3 is 0 Å². The molecule has 0 radical (unpaired) electrons. The summed E-state index contributed by atoms with van der Waals surface area (Å²) in [5.41, 5.74) is 2.09. The van der Waals surface area contributed by atoms with Crippen molar-refractivity contribution in [3.8, 4) is 0 Å². The molecule has 6 heteroatoms. The van der Waals surface area contributed by atoms with Crippen molar-refractivity contribution in [2.45, 2.75) is 25.4 Å². The zero-order chi connectivity index (χ0) is 18.4. The van der Waals surface area contributed by atoms with Gasteiger partial charge in [0.1, 0.15) is 0 Å². The first-order valence-corrected chi connectivity index (χ1v) is 10.6. The third kappa shape index (κ3) is 5.95. The molecule has 0 saturated carbocycles. The summed E-state index contributed by atoms with van der Waals surface area (Å²) >= 11 is 5.92. The summed E-state index contributed by atoms with van der Waals surface area (Å²) in [5.74, 6) is 0. The molecular weight excluding hydrogens is 368 g/mol. The van der Waals surface area contributed by atoms with Crippen molar-refractivity contribution in [1.29, 1.82) is 0 Å². The molecule has 138 valence electrons. The summed E-state index contributed by atoms with van der Waals surface area (Å²) in [7, 11) is -3.42. The molecule has 1 heterocycles. The number of rotatable bonds is 6. The second-order valence-electron chi connectivity index (χ2n) is 6.55. The Bertz CT molecular complexity index is 828. The standard InChI is InChI=1S/C20H23ClN2O2S/c21-19-8-6-18(7-9-19)16-23-13-10-20(11-14-23)22-26(24,25)15-12-17-4-2-1-3-5-17/h1-9,12,15,20,22H,10-11,13-14,16H2/b15-12+. The van der Waals surface area contributed by atoms with E-state index in [9.17, 15) is 8.42 Å². The molecule has 4 nitrogen and oxygen atoms in total. The smallest absolute Gasteiger partial charge is 0.233 e. The van der Waals surface area contributed by atoms with Crippen LogP contribution >= 0.6 is 11.6 Å². The summed E-state index contributed by atoms with van der Waals surface area (Å²) in [6, 6.07) is 17.3. The Hall–Kier alpha value is -1.66. The molecule has 0 unspecified atom stereocenters. The van der Waals surface area contributed by atoms with E-state index < -0.39 is 10.0 Å². The van der Waals surface area contributed by atoms with Crippen LogP contribution in [0.1, 0.15) is 24.0 Å². The molecule has 0 spiro atoms. The predicted octanol–water partition coefficient (Wildman–Crippen LogP) is 3.89. The minimum atomic E-state index is -3.42. The van der Waals surface area contributed by atoms with Gasteiger partial charge < -0.3 is 0 Å². The van der Waals surface area contributed by atoms with Gasteiger partial charge in [-0.3, -0.25) is 4.90 Å². The Balaban J connectivity index is 1.48. The van der Waals surface area contributed by atoms with E-state index in [0.29, 0.717) is 0 Å². The molecule has 1 N–H and O–H groups in total. The van der Waals surface area contributed by atoms with Gasteiger partial charge in [0.15, 0.2) is 0 Å². The van der Waals surface area contributed by atoms with Gasteiger partial charge in [-0.15, -0.1) is 0 Å². The highest BCUT2D eigenvalue weighted by molar-refractivity contribution is 7.92. The molecule has 1 fully saturated rings. The Kier molecular flexibility index (Phi) is 6.48. The number of sulfonamides is 1. The lowest BCUT2D eigenvalue weighted by molar-refractivity contribution is 0.200. The van der Waals surface area contributed by atoms with E-state index in [1.54, 1.807) is 6.08 Å². The van der Waals surface area contributed by atoms with Gasteiger partial charge in [0.2, 0.25) is 10.0 Å². The van der Waals surface area contributed by atoms with Gasteiger partial charge in [-0.2, -0.15) is 0 Å². The first-order valence-electron chi connectivity index (χ1n) is 8.72. The molecule has 2 aromatic rings. The number of halogens is 1. The third-order valence-corrected chi connectivity index (χ3v) is 5.89. The van der Waals surface area contributed by atoms with Crippen LogP contribution in [0.15, 0.2) is 60.0 Å². The van der Waals surface area contributed by atoms with Crippen LogP contribution in [-0.4, -0.2) is 32.4 Å². The molecule has 1 saturated heterocycles. The number of likely N-dealkylation sites (tertiary alicyclic amines) is 1. The fraction of sp³-hybridized carbons (Fsp3) is 0.300. The van der Waals surface area contributed by atoms with Crippen LogP contribution in [0.5, 0.6) is 0 Å². The lowest BCUT2D eigenvalue weighted by Crippen LogP contribution is -2.43. The summed E-state index contributed by atoms with van der Waals surface area (Å²) in [4.78, 5) is 2.34. The van der Waals surface area contributed by atoms with Crippen molar-refractivity contribution in [3.05, 3.63) is 76.2 Å². The van der Waals surface area contributed by atoms with Crippen molar-refractivity contribution >= 4 is 27.7 Å². The number of benzene rings is 2. The maximum absolute atomic E-state index is 12.3. The second-order valence-corrected chi connectivity index (χ2v) is 8.59. The third-order valence-electron chi connectivity index (χ3n) is 4.48. The fourth-order valence-electron chi connectivity index (χ4n) is 3.06. The maximum Gasteiger partial charge on any atom is 0.233 e. The molecule has 2 aromatic carbocycles. The van der Waals surface area contributed by atoms with Gasteiger partial charge in [-0.25, -0.2) is 13.1 Å². The zero-order valence-corrected chi connectivity index (χ0v) is 16.1. The number of nitrogens with zero attached hydrogens (tertiary/aromatic N) is 1. The van der Waals surface area contributed by atoms with E-state index in [2.05, 4.69) is 9.62 Å². The average molecular weight is 391 g/mol. The molecule has 0 aromatic heterocycles. The van der Waals surface area contributed by atoms with Crippen LogP contribution in [-0.2, 0) is 16.6 Å². The van der Waals surface area contributed by atoms with Crippen molar-refractivity contribution in [3.63, 3.8) is 0 Å². The Morgan fingerprint density at radius 1 is 1.04 bits per heavy atom. The normalized spacial score (nSPS) is 17.0. The maximum atomic E-state index is 12.3. The molecule has 26 heavy (non-hydrogen) atoms. The van der Waals surface area contributed by atoms with Gasteiger partial charge in [0.05, 0.1) is 0 Å².